The van der Waals surface area contributed by atoms with Gasteiger partial charge in [0.15, 0.2) is 5.82 Å². The number of alkyl halides is 3. The standard InChI is InChI=1S/C15H17F3N6O/c1-8-7-10(21-14(19-8)15(16,17)18)13(25)20-9(2)12-23-22-11-5-3-4-6-24(11)12/h7,9H,3-6H2,1-2H3,(H,20,25). The molecule has 1 unspecified atom stereocenters. The molecule has 0 aromatic carbocycles. The number of halogens is 3. The maximum atomic E-state index is 12.8. The number of hydrogen-bond acceptors (Lipinski definition) is 5. The highest BCUT2D eigenvalue weighted by molar-refractivity contribution is 5.92. The van der Waals surface area contributed by atoms with Crippen molar-refractivity contribution in [2.24, 2.45) is 0 Å². The van der Waals surface area contributed by atoms with Crippen molar-refractivity contribution >= 4 is 5.91 Å². The van der Waals surface area contributed by atoms with Crippen molar-refractivity contribution in [1.82, 2.24) is 30.0 Å². The van der Waals surface area contributed by atoms with E-state index in [2.05, 4.69) is 25.5 Å². The summed E-state index contributed by atoms with van der Waals surface area (Å²) in [5.74, 6) is -0.591. The van der Waals surface area contributed by atoms with Gasteiger partial charge in [-0.05, 0) is 32.8 Å². The van der Waals surface area contributed by atoms with Gasteiger partial charge in [0, 0.05) is 18.7 Å². The number of carbonyl (C=O) groups excluding carboxylic acids is 1. The van der Waals surface area contributed by atoms with Gasteiger partial charge in [0.05, 0.1) is 6.04 Å². The van der Waals surface area contributed by atoms with E-state index < -0.39 is 23.9 Å². The highest BCUT2D eigenvalue weighted by Crippen LogP contribution is 2.26. The summed E-state index contributed by atoms with van der Waals surface area (Å²) in [5, 5.41) is 10.8. The lowest BCUT2D eigenvalue weighted by molar-refractivity contribution is -0.145. The molecule has 0 radical (unpaired) electrons. The summed E-state index contributed by atoms with van der Waals surface area (Å²) in [6, 6.07) is 0.716. The van der Waals surface area contributed by atoms with Gasteiger partial charge < -0.3 is 9.88 Å². The third-order valence-corrected chi connectivity index (χ3v) is 3.96. The van der Waals surface area contributed by atoms with Crippen molar-refractivity contribution in [2.45, 2.75) is 51.9 Å². The maximum absolute atomic E-state index is 12.8. The summed E-state index contributed by atoms with van der Waals surface area (Å²) in [4.78, 5) is 19.0. The van der Waals surface area contributed by atoms with Crippen LogP contribution in [0.3, 0.4) is 0 Å². The van der Waals surface area contributed by atoms with Gasteiger partial charge >= 0.3 is 6.18 Å². The van der Waals surface area contributed by atoms with Crippen molar-refractivity contribution < 1.29 is 18.0 Å². The molecule has 0 aliphatic carbocycles. The summed E-state index contributed by atoms with van der Waals surface area (Å²) in [6.07, 6.45) is -1.84. The molecule has 1 aliphatic heterocycles. The number of rotatable bonds is 3. The lowest BCUT2D eigenvalue weighted by atomic mass is 10.1. The molecule has 10 heteroatoms. The molecule has 1 aliphatic rings. The zero-order valence-electron chi connectivity index (χ0n) is 13.8. The molecule has 0 saturated carbocycles. The van der Waals surface area contributed by atoms with Gasteiger partial charge in [0.25, 0.3) is 5.91 Å². The van der Waals surface area contributed by atoms with Gasteiger partial charge in [-0.3, -0.25) is 4.79 Å². The molecule has 2 aromatic heterocycles. The van der Waals surface area contributed by atoms with Gasteiger partial charge in [0.1, 0.15) is 11.5 Å². The van der Waals surface area contributed by atoms with Crippen LogP contribution in [0.5, 0.6) is 0 Å². The number of nitrogens with zero attached hydrogens (tertiary/aromatic N) is 5. The average Bonchev–Trinajstić information content (AvgIpc) is 2.97. The smallest absolute Gasteiger partial charge is 0.341 e. The van der Waals surface area contributed by atoms with Crippen LogP contribution in [-0.4, -0.2) is 30.6 Å². The lowest BCUT2D eigenvalue weighted by Crippen LogP contribution is -2.31. The van der Waals surface area contributed by atoms with E-state index in [1.165, 1.54) is 13.0 Å². The van der Waals surface area contributed by atoms with Gasteiger partial charge in [-0.1, -0.05) is 0 Å². The Bertz CT molecular complexity index is 801. The van der Waals surface area contributed by atoms with E-state index >= 15 is 0 Å². The molecule has 1 N–H and O–H groups in total. The second kappa shape index (κ2) is 6.41. The second-order valence-corrected chi connectivity index (χ2v) is 5.99. The Labute approximate surface area is 141 Å². The largest absolute Gasteiger partial charge is 0.451 e. The fourth-order valence-electron chi connectivity index (χ4n) is 2.80. The molecule has 0 spiro atoms. The molecule has 3 rings (SSSR count). The predicted molar refractivity (Wildman–Crippen MR) is 80.6 cm³/mol. The Morgan fingerprint density at radius 2 is 2.04 bits per heavy atom. The molecule has 1 atom stereocenters. The Hall–Kier alpha value is -2.52. The number of nitrogens with one attached hydrogen (secondary N) is 1. The Balaban J connectivity index is 1.80. The molecule has 1 amide bonds. The quantitative estimate of drug-likeness (QED) is 0.913. The first-order chi connectivity index (χ1) is 11.8. The van der Waals surface area contributed by atoms with Crippen molar-refractivity contribution in [3.63, 3.8) is 0 Å². The van der Waals surface area contributed by atoms with E-state index in [0.717, 1.165) is 31.6 Å². The summed E-state index contributed by atoms with van der Waals surface area (Å²) in [6.45, 7) is 3.86. The van der Waals surface area contributed by atoms with Gasteiger partial charge in [-0.15, -0.1) is 10.2 Å². The van der Waals surface area contributed by atoms with Crippen molar-refractivity contribution in [2.75, 3.05) is 0 Å². The molecule has 0 saturated heterocycles. The van der Waals surface area contributed by atoms with E-state index in [1.54, 1.807) is 6.92 Å². The number of fused-ring (bicyclic) bond motifs is 1. The second-order valence-electron chi connectivity index (χ2n) is 5.99. The summed E-state index contributed by atoms with van der Waals surface area (Å²) >= 11 is 0. The van der Waals surface area contributed by atoms with Crippen LogP contribution in [-0.2, 0) is 19.1 Å². The molecule has 0 fully saturated rings. The van der Waals surface area contributed by atoms with Crippen LogP contribution in [0.4, 0.5) is 13.2 Å². The first-order valence-electron chi connectivity index (χ1n) is 7.91. The van der Waals surface area contributed by atoms with Gasteiger partial charge in [0.2, 0.25) is 5.82 Å². The van der Waals surface area contributed by atoms with E-state index in [9.17, 15) is 18.0 Å². The van der Waals surface area contributed by atoms with Crippen molar-refractivity contribution in [3.8, 4) is 0 Å². The van der Waals surface area contributed by atoms with E-state index in [4.69, 9.17) is 0 Å². The van der Waals surface area contributed by atoms with Crippen LogP contribution in [0, 0.1) is 6.92 Å². The van der Waals surface area contributed by atoms with Crippen LogP contribution in [0.25, 0.3) is 0 Å². The Kier molecular flexibility index (Phi) is 4.44. The first kappa shape index (κ1) is 17.3. The van der Waals surface area contributed by atoms with E-state index in [1.807, 2.05) is 4.57 Å². The van der Waals surface area contributed by atoms with Crippen LogP contribution < -0.4 is 5.32 Å². The fourth-order valence-corrected chi connectivity index (χ4v) is 2.80. The molecule has 0 bridgehead atoms. The maximum Gasteiger partial charge on any atom is 0.451 e. The molecular formula is C15H17F3N6O. The van der Waals surface area contributed by atoms with E-state index in [0.29, 0.717) is 5.82 Å². The minimum absolute atomic E-state index is 0.0694. The normalized spacial score (nSPS) is 15.6. The fraction of sp³-hybridized carbons (Fsp3) is 0.533. The minimum Gasteiger partial charge on any atom is -0.341 e. The topological polar surface area (TPSA) is 85.6 Å². The molecule has 3 heterocycles. The first-order valence-corrected chi connectivity index (χ1v) is 7.91. The highest BCUT2D eigenvalue weighted by atomic mass is 19.4. The number of aromatic nitrogens is 5. The monoisotopic (exact) mass is 354 g/mol. The molecular weight excluding hydrogens is 337 g/mol. The Morgan fingerprint density at radius 1 is 1.28 bits per heavy atom. The van der Waals surface area contributed by atoms with Gasteiger partial charge in [-0.25, -0.2) is 9.97 Å². The molecule has 134 valence electrons. The zero-order chi connectivity index (χ0) is 18.2. The van der Waals surface area contributed by atoms with Crippen LogP contribution in [0.1, 0.15) is 59.5 Å². The third kappa shape index (κ3) is 3.62. The van der Waals surface area contributed by atoms with E-state index in [-0.39, 0.29) is 11.4 Å². The number of amides is 1. The number of aryl methyl sites for hydroxylation is 2. The lowest BCUT2D eigenvalue weighted by Gasteiger charge is -2.18. The van der Waals surface area contributed by atoms with Crippen LogP contribution in [0.15, 0.2) is 6.07 Å². The minimum atomic E-state index is -4.71. The predicted octanol–water partition coefficient (Wildman–Crippen LogP) is 2.22. The highest BCUT2D eigenvalue weighted by Gasteiger charge is 2.35. The summed E-state index contributed by atoms with van der Waals surface area (Å²) in [7, 11) is 0. The van der Waals surface area contributed by atoms with Crippen molar-refractivity contribution in [3.05, 3.63) is 34.9 Å². The van der Waals surface area contributed by atoms with Gasteiger partial charge in [-0.2, -0.15) is 13.2 Å². The SMILES string of the molecule is Cc1cc(C(=O)NC(C)c2nnc3n2CCCC3)nc(C(F)(F)F)n1. The molecule has 7 nitrogen and oxygen atoms in total. The third-order valence-electron chi connectivity index (χ3n) is 3.96. The van der Waals surface area contributed by atoms with Crippen LogP contribution in [0.2, 0.25) is 0 Å². The summed E-state index contributed by atoms with van der Waals surface area (Å²) in [5.41, 5.74) is -0.259. The number of carbonyl (C=O) groups is 1. The van der Waals surface area contributed by atoms with Crippen molar-refractivity contribution in [1.29, 1.82) is 0 Å². The Morgan fingerprint density at radius 3 is 2.76 bits per heavy atom. The molecule has 25 heavy (non-hydrogen) atoms. The average molecular weight is 354 g/mol. The number of hydrogen-bond donors (Lipinski definition) is 1. The van der Waals surface area contributed by atoms with Crippen LogP contribution >= 0.6 is 0 Å². The zero-order valence-corrected chi connectivity index (χ0v) is 13.8. The molecule has 2 aromatic rings. The summed E-state index contributed by atoms with van der Waals surface area (Å²) < 4.78 is 40.4.